The fourth-order valence-corrected chi connectivity index (χ4v) is 2.02. The SMILES string of the molecule is CCn1ncc2ccc(NC(=O)C3(N)CC3)cc21.Cl. The highest BCUT2D eigenvalue weighted by atomic mass is 35.5. The molecule has 19 heavy (non-hydrogen) atoms. The molecule has 0 atom stereocenters. The zero-order valence-electron chi connectivity index (χ0n) is 10.7. The van der Waals surface area contributed by atoms with Crippen molar-refractivity contribution in [2.45, 2.75) is 31.8 Å². The Morgan fingerprint density at radius 3 is 2.89 bits per heavy atom. The van der Waals surface area contributed by atoms with E-state index in [1.165, 1.54) is 0 Å². The molecule has 5 nitrogen and oxygen atoms in total. The van der Waals surface area contributed by atoms with Gasteiger partial charge in [0, 0.05) is 17.6 Å². The van der Waals surface area contributed by atoms with Crippen LogP contribution in [0.25, 0.3) is 10.9 Å². The fourth-order valence-electron chi connectivity index (χ4n) is 2.02. The number of fused-ring (bicyclic) bond motifs is 1. The molecule has 0 radical (unpaired) electrons. The number of anilines is 1. The standard InChI is InChI=1S/C13H16N4O.ClH/c1-2-17-11-7-10(4-3-9(11)8-15-17)16-12(18)13(14)5-6-13;/h3-4,7-8H,2,5-6,14H2,1H3,(H,16,18);1H. The zero-order chi connectivity index (χ0) is 12.8. The molecule has 1 fully saturated rings. The van der Waals surface area contributed by atoms with Crippen LogP contribution < -0.4 is 11.1 Å². The molecule has 1 heterocycles. The van der Waals surface area contributed by atoms with Gasteiger partial charge in [0.2, 0.25) is 5.91 Å². The van der Waals surface area contributed by atoms with E-state index in [4.69, 9.17) is 5.73 Å². The summed E-state index contributed by atoms with van der Waals surface area (Å²) in [6.07, 6.45) is 3.37. The van der Waals surface area contributed by atoms with Crippen molar-refractivity contribution in [1.82, 2.24) is 9.78 Å². The van der Waals surface area contributed by atoms with Crippen molar-refractivity contribution in [3.05, 3.63) is 24.4 Å². The molecule has 3 rings (SSSR count). The maximum atomic E-state index is 11.9. The topological polar surface area (TPSA) is 72.9 Å². The third-order valence-electron chi connectivity index (χ3n) is 3.44. The van der Waals surface area contributed by atoms with E-state index in [2.05, 4.69) is 10.4 Å². The molecule has 1 aromatic carbocycles. The lowest BCUT2D eigenvalue weighted by atomic mass is 10.2. The van der Waals surface area contributed by atoms with Crippen molar-refractivity contribution in [2.75, 3.05) is 5.32 Å². The van der Waals surface area contributed by atoms with Crippen LogP contribution in [0.15, 0.2) is 24.4 Å². The number of benzene rings is 1. The number of aromatic nitrogens is 2. The summed E-state index contributed by atoms with van der Waals surface area (Å²) in [6.45, 7) is 2.85. The molecule has 1 aromatic heterocycles. The normalized spacial score (nSPS) is 15.9. The van der Waals surface area contributed by atoms with Gasteiger partial charge in [0.25, 0.3) is 0 Å². The first-order valence-corrected chi connectivity index (χ1v) is 6.18. The monoisotopic (exact) mass is 280 g/mol. The maximum Gasteiger partial charge on any atom is 0.244 e. The quantitative estimate of drug-likeness (QED) is 0.902. The number of nitrogens with zero attached hydrogens (tertiary/aromatic N) is 2. The van der Waals surface area contributed by atoms with Gasteiger partial charge in [-0.25, -0.2) is 0 Å². The van der Waals surface area contributed by atoms with Crippen molar-refractivity contribution in [1.29, 1.82) is 0 Å². The molecule has 1 amide bonds. The van der Waals surface area contributed by atoms with Crippen molar-refractivity contribution in [2.24, 2.45) is 5.73 Å². The molecular formula is C13H17ClN4O. The number of rotatable bonds is 3. The molecule has 0 aliphatic heterocycles. The van der Waals surface area contributed by atoms with Gasteiger partial charge in [0.1, 0.15) is 0 Å². The molecule has 0 spiro atoms. The first kappa shape index (κ1) is 13.8. The average Bonchev–Trinajstić information content (AvgIpc) is 3.00. The molecule has 1 aliphatic rings. The molecule has 102 valence electrons. The van der Waals surface area contributed by atoms with Crippen molar-refractivity contribution < 1.29 is 4.79 Å². The Morgan fingerprint density at radius 2 is 2.26 bits per heavy atom. The Kier molecular flexibility index (Phi) is 3.52. The first-order chi connectivity index (χ1) is 8.62. The largest absolute Gasteiger partial charge is 0.324 e. The summed E-state index contributed by atoms with van der Waals surface area (Å²) >= 11 is 0. The summed E-state index contributed by atoms with van der Waals surface area (Å²) in [6, 6.07) is 5.78. The van der Waals surface area contributed by atoms with Crippen LogP contribution in [0.2, 0.25) is 0 Å². The minimum atomic E-state index is -0.639. The number of nitrogens with one attached hydrogen (secondary N) is 1. The Hall–Kier alpha value is -1.59. The van der Waals surface area contributed by atoms with Crippen LogP contribution in [0.3, 0.4) is 0 Å². The summed E-state index contributed by atoms with van der Waals surface area (Å²) in [4.78, 5) is 11.9. The van der Waals surface area contributed by atoms with E-state index < -0.39 is 5.54 Å². The molecule has 0 saturated heterocycles. The van der Waals surface area contributed by atoms with E-state index in [1.807, 2.05) is 36.0 Å². The molecule has 1 aliphatic carbocycles. The summed E-state index contributed by atoms with van der Waals surface area (Å²) in [7, 11) is 0. The van der Waals surface area contributed by atoms with Crippen LogP contribution in [0.4, 0.5) is 5.69 Å². The van der Waals surface area contributed by atoms with Crippen molar-refractivity contribution >= 4 is 34.9 Å². The molecular weight excluding hydrogens is 264 g/mol. The number of hydrogen-bond acceptors (Lipinski definition) is 3. The van der Waals surface area contributed by atoms with Crippen LogP contribution >= 0.6 is 12.4 Å². The maximum absolute atomic E-state index is 11.9. The molecule has 1 saturated carbocycles. The van der Waals surface area contributed by atoms with E-state index in [9.17, 15) is 4.79 Å². The number of halogens is 1. The van der Waals surface area contributed by atoms with Crippen molar-refractivity contribution in [3.8, 4) is 0 Å². The Bertz CT molecular complexity index is 618. The van der Waals surface area contributed by atoms with Crippen LogP contribution in [-0.4, -0.2) is 21.2 Å². The first-order valence-electron chi connectivity index (χ1n) is 6.18. The summed E-state index contributed by atoms with van der Waals surface area (Å²) in [5.74, 6) is -0.0931. The number of carbonyl (C=O) groups is 1. The summed E-state index contributed by atoms with van der Waals surface area (Å²) in [5.41, 5.74) is 7.02. The highest BCUT2D eigenvalue weighted by molar-refractivity contribution is 6.01. The molecule has 6 heteroatoms. The second-order valence-corrected chi connectivity index (χ2v) is 4.84. The van der Waals surface area contributed by atoms with Crippen molar-refractivity contribution in [3.63, 3.8) is 0 Å². The lowest BCUT2D eigenvalue weighted by Gasteiger charge is -2.10. The predicted molar refractivity (Wildman–Crippen MR) is 77.4 cm³/mol. The Balaban J connectivity index is 0.00000133. The van der Waals surface area contributed by atoms with E-state index in [0.29, 0.717) is 0 Å². The third kappa shape index (κ3) is 2.43. The Morgan fingerprint density at radius 1 is 1.53 bits per heavy atom. The summed E-state index contributed by atoms with van der Waals surface area (Å²) in [5, 5.41) is 8.22. The lowest BCUT2D eigenvalue weighted by Crippen LogP contribution is -2.37. The van der Waals surface area contributed by atoms with Gasteiger partial charge in [-0.15, -0.1) is 12.4 Å². The molecule has 3 N–H and O–H groups in total. The van der Waals surface area contributed by atoms with Gasteiger partial charge in [-0.3, -0.25) is 9.48 Å². The zero-order valence-corrected chi connectivity index (χ0v) is 11.5. The highest BCUT2D eigenvalue weighted by Crippen LogP contribution is 2.33. The smallest absolute Gasteiger partial charge is 0.244 e. The van der Waals surface area contributed by atoms with Gasteiger partial charge in [0.15, 0.2) is 0 Å². The Labute approximate surface area is 117 Å². The minimum Gasteiger partial charge on any atom is -0.324 e. The highest BCUT2D eigenvalue weighted by Gasteiger charge is 2.45. The van der Waals surface area contributed by atoms with Gasteiger partial charge in [-0.2, -0.15) is 5.10 Å². The minimum absolute atomic E-state index is 0. The molecule has 0 bridgehead atoms. The number of aryl methyl sites for hydroxylation is 1. The van der Waals surface area contributed by atoms with Gasteiger partial charge >= 0.3 is 0 Å². The van der Waals surface area contributed by atoms with Gasteiger partial charge in [-0.05, 0) is 38.0 Å². The molecule has 2 aromatic rings. The number of nitrogens with two attached hydrogens (primary N) is 1. The van der Waals surface area contributed by atoms with Gasteiger partial charge < -0.3 is 11.1 Å². The number of amides is 1. The average molecular weight is 281 g/mol. The fraction of sp³-hybridized carbons (Fsp3) is 0.385. The lowest BCUT2D eigenvalue weighted by molar-refractivity contribution is -0.118. The second kappa shape index (κ2) is 4.83. The number of hydrogen-bond donors (Lipinski definition) is 2. The predicted octanol–water partition coefficient (Wildman–Crippen LogP) is 1.91. The van der Waals surface area contributed by atoms with Gasteiger partial charge in [-0.1, -0.05) is 0 Å². The van der Waals surface area contributed by atoms with E-state index in [0.717, 1.165) is 36.0 Å². The second-order valence-electron chi connectivity index (χ2n) is 4.84. The number of carbonyl (C=O) groups excluding carboxylic acids is 1. The van der Waals surface area contributed by atoms with E-state index >= 15 is 0 Å². The molecule has 0 unspecified atom stereocenters. The van der Waals surface area contributed by atoms with Crippen LogP contribution in [0.1, 0.15) is 19.8 Å². The summed E-state index contributed by atoms with van der Waals surface area (Å²) < 4.78 is 1.90. The van der Waals surface area contributed by atoms with E-state index in [1.54, 1.807) is 0 Å². The van der Waals surface area contributed by atoms with Crippen LogP contribution in [-0.2, 0) is 11.3 Å². The van der Waals surface area contributed by atoms with E-state index in [-0.39, 0.29) is 18.3 Å². The van der Waals surface area contributed by atoms with Gasteiger partial charge in [0.05, 0.1) is 17.3 Å². The third-order valence-corrected chi connectivity index (χ3v) is 3.44. The van der Waals surface area contributed by atoms with Crippen LogP contribution in [0, 0.1) is 0 Å². The van der Waals surface area contributed by atoms with Crippen LogP contribution in [0.5, 0.6) is 0 Å².